The van der Waals surface area contributed by atoms with Gasteiger partial charge in [0, 0.05) is 24.5 Å². The van der Waals surface area contributed by atoms with Crippen LogP contribution in [0.1, 0.15) is 5.82 Å². The summed E-state index contributed by atoms with van der Waals surface area (Å²) in [5.74, 6) is 1.00. The van der Waals surface area contributed by atoms with Crippen LogP contribution < -0.4 is 9.46 Å². The lowest BCUT2D eigenvalue weighted by molar-refractivity contribution is 0.402. The van der Waals surface area contributed by atoms with Crippen LogP contribution in [-0.2, 0) is 23.5 Å². The molecule has 1 heterocycles. The molecule has 0 atom stereocenters. The number of aryl methyl sites for hydroxylation is 1. The molecular formula is C12H15BrN4O3S. The summed E-state index contributed by atoms with van der Waals surface area (Å²) in [4.78, 5) is 0.0948. The molecule has 1 aromatic carbocycles. The van der Waals surface area contributed by atoms with E-state index >= 15 is 0 Å². The van der Waals surface area contributed by atoms with Crippen LogP contribution in [0.25, 0.3) is 0 Å². The molecule has 21 heavy (non-hydrogen) atoms. The Hall–Kier alpha value is -1.45. The second-order valence-electron chi connectivity index (χ2n) is 4.30. The van der Waals surface area contributed by atoms with Crippen LogP contribution >= 0.6 is 15.9 Å². The van der Waals surface area contributed by atoms with Gasteiger partial charge in [-0.2, -0.15) is 0 Å². The van der Waals surface area contributed by atoms with Gasteiger partial charge in [-0.1, -0.05) is 15.9 Å². The maximum atomic E-state index is 12.3. The highest BCUT2D eigenvalue weighted by Gasteiger charge is 2.19. The normalized spacial score (nSPS) is 11.6. The number of hydrogen-bond acceptors (Lipinski definition) is 5. The number of benzene rings is 1. The van der Waals surface area contributed by atoms with Crippen molar-refractivity contribution in [1.29, 1.82) is 0 Å². The molecule has 2 rings (SSSR count). The Morgan fingerprint density at radius 3 is 2.81 bits per heavy atom. The molecule has 2 aromatic rings. The third kappa shape index (κ3) is 3.80. The van der Waals surface area contributed by atoms with Gasteiger partial charge in [0.25, 0.3) is 0 Å². The number of sulfonamides is 1. The minimum Gasteiger partial charge on any atom is -0.495 e. The Balaban J connectivity index is 2.12. The quantitative estimate of drug-likeness (QED) is 0.818. The highest BCUT2D eigenvalue weighted by Crippen LogP contribution is 2.26. The average Bonchev–Trinajstić information content (AvgIpc) is 2.84. The van der Waals surface area contributed by atoms with Gasteiger partial charge < -0.3 is 9.30 Å². The third-order valence-electron chi connectivity index (χ3n) is 2.86. The van der Waals surface area contributed by atoms with Gasteiger partial charge in [-0.05, 0) is 18.2 Å². The van der Waals surface area contributed by atoms with Crippen molar-refractivity contribution in [3.05, 3.63) is 34.8 Å². The number of methoxy groups -OCH3 is 1. The molecule has 0 aliphatic rings. The van der Waals surface area contributed by atoms with Gasteiger partial charge in [0.2, 0.25) is 10.0 Å². The van der Waals surface area contributed by atoms with Crippen molar-refractivity contribution in [3.63, 3.8) is 0 Å². The van der Waals surface area contributed by atoms with E-state index in [0.29, 0.717) is 22.5 Å². The van der Waals surface area contributed by atoms with Crippen molar-refractivity contribution >= 4 is 26.0 Å². The van der Waals surface area contributed by atoms with Crippen molar-refractivity contribution in [3.8, 4) is 5.75 Å². The molecule has 7 nitrogen and oxygen atoms in total. The van der Waals surface area contributed by atoms with Crippen molar-refractivity contribution in [2.75, 3.05) is 13.7 Å². The van der Waals surface area contributed by atoms with E-state index in [-0.39, 0.29) is 11.4 Å². The largest absolute Gasteiger partial charge is 0.495 e. The van der Waals surface area contributed by atoms with Crippen LogP contribution in [0.15, 0.2) is 33.9 Å². The molecule has 114 valence electrons. The summed E-state index contributed by atoms with van der Waals surface area (Å²) in [5, 5.41) is 7.65. The fraction of sp³-hybridized carbons (Fsp3) is 0.333. The smallest absolute Gasteiger partial charge is 0.244 e. The molecule has 0 aliphatic heterocycles. The monoisotopic (exact) mass is 374 g/mol. The summed E-state index contributed by atoms with van der Waals surface area (Å²) >= 11 is 3.26. The molecule has 0 bridgehead atoms. The first-order valence-corrected chi connectivity index (χ1v) is 8.38. The molecule has 0 saturated heterocycles. The minimum absolute atomic E-state index is 0.0948. The Morgan fingerprint density at radius 2 is 2.19 bits per heavy atom. The zero-order chi connectivity index (χ0) is 15.5. The molecular weight excluding hydrogens is 360 g/mol. The Morgan fingerprint density at radius 1 is 1.43 bits per heavy atom. The second-order valence-corrected chi connectivity index (χ2v) is 6.95. The maximum absolute atomic E-state index is 12.3. The summed E-state index contributed by atoms with van der Waals surface area (Å²) in [7, 11) is -0.415. The molecule has 9 heteroatoms. The van der Waals surface area contributed by atoms with Crippen LogP contribution in [0.4, 0.5) is 0 Å². The highest BCUT2D eigenvalue weighted by molar-refractivity contribution is 9.10. The second kappa shape index (κ2) is 6.54. The lowest BCUT2D eigenvalue weighted by Crippen LogP contribution is -2.27. The summed E-state index contributed by atoms with van der Waals surface area (Å²) in [5.41, 5.74) is 0. The topological polar surface area (TPSA) is 86.1 Å². The summed E-state index contributed by atoms with van der Waals surface area (Å²) in [6, 6.07) is 4.82. The van der Waals surface area contributed by atoms with Crippen LogP contribution in [0.2, 0.25) is 0 Å². The van der Waals surface area contributed by atoms with Gasteiger partial charge in [-0.3, -0.25) is 0 Å². The molecule has 1 N–H and O–H groups in total. The van der Waals surface area contributed by atoms with E-state index in [9.17, 15) is 8.42 Å². The van der Waals surface area contributed by atoms with Crippen molar-refractivity contribution in [2.45, 2.75) is 11.3 Å². The van der Waals surface area contributed by atoms with E-state index in [1.54, 1.807) is 30.1 Å². The predicted molar refractivity (Wildman–Crippen MR) is 80.6 cm³/mol. The molecule has 0 aliphatic carbocycles. The van der Waals surface area contributed by atoms with E-state index in [4.69, 9.17) is 4.74 Å². The first-order valence-electron chi connectivity index (χ1n) is 6.10. The van der Waals surface area contributed by atoms with Crippen molar-refractivity contribution in [2.24, 2.45) is 7.05 Å². The predicted octanol–water partition coefficient (Wildman–Crippen LogP) is 1.11. The number of halogens is 1. The molecule has 0 saturated carbocycles. The van der Waals surface area contributed by atoms with Crippen LogP contribution in [0, 0.1) is 0 Å². The minimum atomic E-state index is -3.65. The average molecular weight is 375 g/mol. The van der Waals surface area contributed by atoms with Crippen LogP contribution in [0.3, 0.4) is 0 Å². The van der Waals surface area contributed by atoms with E-state index in [2.05, 4.69) is 30.8 Å². The van der Waals surface area contributed by atoms with Gasteiger partial charge in [0.1, 0.15) is 22.8 Å². The Labute approximate surface area is 131 Å². The molecule has 0 fully saturated rings. The Bertz CT molecular complexity index is 730. The highest BCUT2D eigenvalue weighted by atomic mass is 79.9. The summed E-state index contributed by atoms with van der Waals surface area (Å²) in [6.07, 6.45) is 2.02. The lowest BCUT2D eigenvalue weighted by atomic mass is 10.3. The molecule has 1 aromatic heterocycles. The number of hydrogen-bond donors (Lipinski definition) is 1. The maximum Gasteiger partial charge on any atom is 0.244 e. The number of rotatable bonds is 6. The Kier molecular flexibility index (Phi) is 4.96. The summed E-state index contributed by atoms with van der Waals surface area (Å²) in [6.45, 7) is 0.227. The van der Waals surface area contributed by atoms with E-state index in [1.807, 2.05) is 0 Å². The van der Waals surface area contributed by atoms with Gasteiger partial charge in [0.05, 0.1) is 7.11 Å². The number of ether oxygens (including phenoxy) is 1. The zero-order valence-corrected chi connectivity index (χ0v) is 14.0. The first-order chi connectivity index (χ1) is 9.94. The fourth-order valence-electron chi connectivity index (χ4n) is 1.77. The van der Waals surface area contributed by atoms with Crippen molar-refractivity contribution < 1.29 is 13.2 Å². The number of nitrogens with one attached hydrogen (secondary N) is 1. The standard InChI is InChI=1S/C12H15BrN4O3S/c1-17-8-14-16-12(17)5-6-15-21(18,19)11-7-9(13)3-4-10(11)20-2/h3-4,7-8,15H,5-6H2,1-2H3. The lowest BCUT2D eigenvalue weighted by Gasteiger charge is -2.11. The van der Waals surface area contributed by atoms with Gasteiger partial charge in [-0.15, -0.1) is 10.2 Å². The third-order valence-corrected chi connectivity index (χ3v) is 4.84. The van der Waals surface area contributed by atoms with E-state index in [0.717, 1.165) is 0 Å². The zero-order valence-electron chi connectivity index (χ0n) is 11.6. The molecule has 0 amide bonds. The molecule has 0 radical (unpaired) electrons. The first kappa shape index (κ1) is 15.9. The van der Waals surface area contributed by atoms with Crippen LogP contribution in [0.5, 0.6) is 5.75 Å². The SMILES string of the molecule is COc1ccc(Br)cc1S(=O)(=O)NCCc1nncn1C. The summed E-state index contributed by atoms with van der Waals surface area (Å²) < 4.78 is 34.7. The van der Waals surface area contributed by atoms with Gasteiger partial charge >= 0.3 is 0 Å². The fourth-order valence-corrected chi connectivity index (χ4v) is 3.51. The molecule has 0 spiro atoms. The van der Waals surface area contributed by atoms with Gasteiger partial charge in [-0.25, -0.2) is 13.1 Å². The van der Waals surface area contributed by atoms with E-state index < -0.39 is 10.0 Å². The number of aromatic nitrogens is 3. The van der Waals surface area contributed by atoms with Gasteiger partial charge in [0.15, 0.2) is 0 Å². The number of nitrogens with zero attached hydrogens (tertiary/aromatic N) is 3. The van der Waals surface area contributed by atoms with E-state index in [1.165, 1.54) is 13.2 Å². The van der Waals surface area contributed by atoms with Crippen molar-refractivity contribution in [1.82, 2.24) is 19.5 Å². The molecule has 0 unspecified atom stereocenters. The van der Waals surface area contributed by atoms with Crippen LogP contribution in [-0.4, -0.2) is 36.8 Å².